The van der Waals surface area contributed by atoms with Crippen LogP contribution in [0.5, 0.6) is 5.75 Å². The summed E-state index contributed by atoms with van der Waals surface area (Å²) in [5.41, 5.74) is 6.32. The molecule has 0 bridgehead atoms. The summed E-state index contributed by atoms with van der Waals surface area (Å²) in [5.74, 6) is 0.713. The van der Waals surface area contributed by atoms with Crippen molar-refractivity contribution in [1.29, 1.82) is 0 Å². The maximum absolute atomic E-state index is 5.66. The second-order valence-electron chi connectivity index (χ2n) is 2.60. The first kappa shape index (κ1) is 8.65. The summed E-state index contributed by atoms with van der Waals surface area (Å²) in [6.07, 6.45) is 1.72. The van der Waals surface area contributed by atoms with Crippen LogP contribution in [-0.4, -0.2) is 6.10 Å². The summed E-state index contributed by atoms with van der Waals surface area (Å²) in [4.78, 5) is 0. The van der Waals surface area contributed by atoms with Gasteiger partial charge in [-0.15, -0.1) is 0 Å². The number of para-hydroxylation sites is 2. The average Bonchev–Trinajstić information content (AvgIpc) is 2.09. The lowest BCUT2D eigenvalue weighted by Gasteiger charge is -2.11. The molecule has 1 unspecified atom stereocenters. The molecule has 0 amide bonds. The van der Waals surface area contributed by atoms with Crippen molar-refractivity contribution in [2.24, 2.45) is 0 Å². The van der Waals surface area contributed by atoms with Crippen LogP contribution < -0.4 is 10.5 Å². The Hall–Kier alpha value is -1.44. The second-order valence-corrected chi connectivity index (χ2v) is 2.60. The van der Waals surface area contributed by atoms with E-state index in [1.807, 2.05) is 31.2 Å². The largest absolute Gasteiger partial charge is 0.485 e. The fourth-order valence-corrected chi connectivity index (χ4v) is 0.836. The van der Waals surface area contributed by atoms with Gasteiger partial charge in [0.2, 0.25) is 0 Å². The van der Waals surface area contributed by atoms with Crippen molar-refractivity contribution >= 4 is 5.69 Å². The van der Waals surface area contributed by atoms with E-state index in [0.29, 0.717) is 11.4 Å². The van der Waals surface area contributed by atoms with Gasteiger partial charge >= 0.3 is 0 Å². The van der Waals surface area contributed by atoms with Crippen LogP contribution in [-0.2, 0) is 0 Å². The molecule has 0 aliphatic rings. The number of rotatable bonds is 3. The Balaban J connectivity index is 2.75. The fourth-order valence-electron chi connectivity index (χ4n) is 0.836. The molecule has 0 aliphatic heterocycles. The minimum Gasteiger partial charge on any atom is -0.485 e. The summed E-state index contributed by atoms with van der Waals surface area (Å²) in [5, 5.41) is 0. The Morgan fingerprint density at radius 3 is 2.75 bits per heavy atom. The summed E-state index contributed by atoms with van der Waals surface area (Å²) in [6, 6.07) is 7.42. The molecule has 0 aliphatic carbocycles. The predicted molar refractivity (Wildman–Crippen MR) is 51.1 cm³/mol. The first-order chi connectivity index (χ1) is 5.74. The van der Waals surface area contributed by atoms with Crippen molar-refractivity contribution in [2.45, 2.75) is 13.0 Å². The van der Waals surface area contributed by atoms with Crippen molar-refractivity contribution in [3.05, 3.63) is 36.9 Å². The Morgan fingerprint density at radius 1 is 1.50 bits per heavy atom. The molecule has 64 valence electrons. The van der Waals surface area contributed by atoms with Crippen molar-refractivity contribution in [3.63, 3.8) is 0 Å². The smallest absolute Gasteiger partial charge is 0.143 e. The standard InChI is InChI=1S/C10H13NO/c1-3-8(2)12-10-7-5-4-6-9(10)11/h3-8H,1,11H2,2H3. The van der Waals surface area contributed by atoms with Crippen molar-refractivity contribution < 1.29 is 4.74 Å². The van der Waals surface area contributed by atoms with E-state index in [4.69, 9.17) is 10.5 Å². The van der Waals surface area contributed by atoms with Gasteiger partial charge in [-0.05, 0) is 19.1 Å². The minimum atomic E-state index is -0.00491. The van der Waals surface area contributed by atoms with E-state index in [9.17, 15) is 0 Å². The molecule has 2 nitrogen and oxygen atoms in total. The van der Waals surface area contributed by atoms with Crippen LogP contribution in [0.3, 0.4) is 0 Å². The lowest BCUT2D eigenvalue weighted by molar-refractivity contribution is 0.272. The number of nitrogens with two attached hydrogens (primary N) is 1. The number of anilines is 1. The molecule has 1 rings (SSSR count). The molecule has 0 saturated heterocycles. The molecule has 12 heavy (non-hydrogen) atoms. The maximum Gasteiger partial charge on any atom is 0.143 e. The molecule has 0 spiro atoms. The Labute approximate surface area is 72.7 Å². The molecule has 1 aromatic rings. The molecule has 0 radical (unpaired) electrons. The predicted octanol–water partition coefficient (Wildman–Crippen LogP) is 2.22. The van der Waals surface area contributed by atoms with E-state index in [0.717, 1.165) is 0 Å². The van der Waals surface area contributed by atoms with Crippen LogP contribution in [0, 0.1) is 0 Å². The summed E-state index contributed by atoms with van der Waals surface area (Å²) in [6.45, 7) is 5.54. The zero-order valence-corrected chi connectivity index (χ0v) is 7.16. The van der Waals surface area contributed by atoms with Crippen LogP contribution in [0.25, 0.3) is 0 Å². The normalized spacial score (nSPS) is 12.1. The highest BCUT2D eigenvalue weighted by Crippen LogP contribution is 2.20. The van der Waals surface area contributed by atoms with Crippen molar-refractivity contribution in [2.75, 3.05) is 5.73 Å². The third-order valence-electron chi connectivity index (χ3n) is 1.56. The fraction of sp³-hybridized carbons (Fsp3) is 0.200. The topological polar surface area (TPSA) is 35.2 Å². The van der Waals surface area contributed by atoms with E-state index < -0.39 is 0 Å². The van der Waals surface area contributed by atoms with Crippen LogP contribution >= 0.6 is 0 Å². The Kier molecular flexibility index (Phi) is 2.75. The van der Waals surface area contributed by atoms with Gasteiger partial charge in [-0.3, -0.25) is 0 Å². The average molecular weight is 163 g/mol. The quantitative estimate of drug-likeness (QED) is 0.547. The van der Waals surface area contributed by atoms with Gasteiger partial charge in [-0.2, -0.15) is 0 Å². The molecule has 0 aromatic heterocycles. The van der Waals surface area contributed by atoms with Crippen LogP contribution in [0.1, 0.15) is 6.92 Å². The summed E-state index contributed by atoms with van der Waals surface area (Å²) in [7, 11) is 0. The first-order valence-electron chi connectivity index (χ1n) is 3.87. The van der Waals surface area contributed by atoms with Gasteiger partial charge in [0.25, 0.3) is 0 Å². The van der Waals surface area contributed by atoms with E-state index in [2.05, 4.69) is 6.58 Å². The SMILES string of the molecule is C=CC(C)Oc1ccccc1N. The van der Waals surface area contributed by atoms with Crippen molar-refractivity contribution in [3.8, 4) is 5.75 Å². The van der Waals surface area contributed by atoms with Crippen LogP contribution in [0.4, 0.5) is 5.69 Å². The molecule has 2 N–H and O–H groups in total. The van der Waals surface area contributed by atoms with Gasteiger partial charge in [0.05, 0.1) is 5.69 Å². The van der Waals surface area contributed by atoms with E-state index in [-0.39, 0.29) is 6.10 Å². The van der Waals surface area contributed by atoms with Gasteiger partial charge in [0.15, 0.2) is 0 Å². The molecular weight excluding hydrogens is 150 g/mol. The highest BCUT2D eigenvalue weighted by molar-refractivity contribution is 5.51. The maximum atomic E-state index is 5.66. The Morgan fingerprint density at radius 2 is 2.17 bits per heavy atom. The lowest BCUT2D eigenvalue weighted by atomic mass is 10.3. The molecular formula is C10H13NO. The van der Waals surface area contributed by atoms with E-state index >= 15 is 0 Å². The zero-order chi connectivity index (χ0) is 8.97. The molecule has 0 saturated carbocycles. The number of benzene rings is 1. The van der Waals surface area contributed by atoms with Gasteiger partial charge in [0.1, 0.15) is 11.9 Å². The van der Waals surface area contributed by atoms with Gasteiger partial charge in [-0.1, -0.05) is 24.8 Å². The van der Waals surface area contributed by atoms with E-state index in [1.165, 1.54) is 0 Å². The molecule has 2 heteroatoms. The Bertz CT molecular complexity index is 270. The third kappa shape index (κ3) is 2.02. The number of hydrogen-bond acceptors (Lipinski definition) is 2. The number of ether oxygens (including phenoxy) is 1. The van der Waals surface area contributed by atoms with Crippen LogP contribution in [0.15, 0.2) is 36.9 Å². The van der Waals surface area contributed by atoms with Crippen LogP contribution in [0.2, 0.25) is 0 Å². The highest BCUT2D eigenvalue weighted by atomic mass is 16.5. The van der Waals surface area contributed by atoms with Gasteiger partial charge in [-0.25, -0.2) is 0 Å². The number of hydrogen-bond donors (Lipinski definition) is 1. The van der Waals surface area contributed by atoms with Gasteiger partial charge < -0.3 is 10.5 Å². The molecule has 0 fully saturated rings. The second kappa shape index (κ2) is 3.81. The monoisotopic (exact) mass is 163 g/mol. The molecule has 1 atom stereocenters. The third-order valence-corrected chi connectivity index (χ3v) is 1.56. The van der Waals surface area contributed by atoms with E-state index in [1.54, 1.807) is 6.08 Å². The molecule has 0 heterocycles. The van der Waals surface area contributed by atoms with Gasteiger partial charge in [0, 0.05) is 0 Å². The lowest BCUT2D eigenvalue weighted by Crippen LogP contribution is -2.08. The summed E-state index contributed by atoms with van der Waals surface area (Å²) < 4.78 is 5.45. The highest BCUT2D eigenvalue weighted by Gasteiger charge is 2.00. The summed E-state index contributed by atoms with van der Waals surface area (Å²) >= 11 is 0. The zero-order valence-electron chi connectivity index (χ0n) is 7.16. The first-order valence-corrected chi connectivity index (χ1v) is 3.87. The van der Waals surface area contributed by atoms with Crippen molar-refractivity contribution in [1.82, 2.24) is 0 Å². The number of nitrogen functional groups attached to an aromatic ring is 1. The minimum absolute atomic E-state index is 0.00491. The molecule has 1 aromatic carbocycles.